The average Bonchev–Trinajstić information content (AvgIpc) is 2.53. The van der Waals surface area contributed by atoms with Crippen LogP contribution in [0.15, 0.2) is 40.9 Å². The molecular weight excluding hydrogens is 326 g/mol. The van der Waals surface area contributed by atoms with Crippen LogP contribution in [-0.2, 0) is 14.3 Å². The van der Waals surface area contributed by atoms with Crippen molar-refractivity contribution in [1.82, 2.24) is 5.32 Å². The normalized spacial score (nSPS) is 11.7. The summed E-state index contributed by atoms with van der Waals surface area (Å²) in [5.41, 5.74) is 0.845. The number of ether oxygens (including phenoxy) is 1. The summed E-state index contributed by atoms with van der Waals surface area (Å²) in [5, 5.41) is 3.13. The monoisotopic (exact) mass is 349 g/mol. The van der Waals surface area contributed by atoms with Crippen molar-refractivity contribution in [3.63, 3.8) is 0 Å². The molecule has 0 saturated heterocycles. The lowest BCUT2D eigenvalue weighted by Crippen LogP contribution is -2.27. The highest BCUT2D eigenvalue weighted by atomic mass is 32.2. The predicted octanol–water partition coefficient (Wildman–Crippen LogP) is 3.17. The molecule has 0 fully saturated rings. The maximum absolute atomic E-state index is 12.4. The van der Waals surface area contributed by atoms with Gasteiger partial charge in [0.1, 0.15) is 5.78 Å². The van der Waals surface area contributed by atoms with Crippen LogP contribution < -0.4 is 5.32 Å². The van der Waals surface area contributed by atoms with Crippen LogP contribution in [0.5, 0.6) is 0 Å². The van der Waals surface area contributed by atoms with Gasteiger partial charge in [0.25, 0.3) is 5.91 Å². The molecule has 1 aromatic carbocycles. The van der Waals surface area contributed by atoms with Crippen molar-refractivity contribution in [3.05, 3.63) is 46.5 Å². The Labute approximate surface area is 146 Å². The van der Waals surface area contributed by atoms with Crippen molar-refractivity contribution in [2.45, 2.75) is 27.7 Å². The Morgan fingerprint density at radius 3 is 2.29 bits per heavy atom. The SMILES string of the molecule is CCOC(=O)/C(=C(\NC(=O)c1ccccc1)SCC(C)=O)C(C)C. The first-order valence-corrected chi connectivity index (χ1v) is 8.75. The van der Waals surface area contributed by atoms with E-state index in [1.165, 1.54) is 6.92 Å². The molecule has 0 radical (unpaired) electrons. The fourth-order valence-corrected chi connectivity index (χ4v) is 2.91. The average molecular weight is 349 g/mol. The number of hydrogen-bond acceptors (Lipinski definition) is 5. The molecule has 1 aromatic rings. The Hall–Kier alpha value is -2.08. The van der Waals surface area contributed by atoms with Gasteiger partial charge in [0.15, 0.2) is 0 Å². The van der Waals surface area contributed by atoms with Crippen molar-refractivity contribution >= 4 is 29.4 Å². The zero-order chi connectivity index (χ0) is 18.1. The van der Waals surface area contributed by atoms with Crippen LogP contribution in [0.2, 0.25) is 0 Å². The van der Waals surface area contributed by atoms with E-state index in [1.54, 1.807) is 31.2 Å². The van der Waals surface area contributed by atoms with E-state index in [0.717, 1.165) is 11.8 Å². The minimum Gasteiger partial charge on any atom is -0.463 e. The van der Waals surface area contributed by atoms with Crippen LogP contribution >= 0.6 is 11.8 Å². The number of ketones is 1. The molecule has 1 N–H and O–H groups in total. The molecule has 24 heavy (non-hydrogen) atoms. The molecule has 0 heterocycles. The van der Waals surface area contributed by atoms with Gasteiger partial charge in [0.05, 0.1) is 23.0 Å². The van der Waals surface area contributed by atoms with Gasteiger partial charge in [0, 0.05) is 5.56 Å². The maximum Gasteiger partial charge on any atom is 0.336 e. The fraction of sp³-hybridized carbons (Fsp3) is 0.389. The largest absolute Gasteiger partial charge is 0.463 e. The quantitative estimate of drug-likeness (QED) is 0.576. The fourth-order valence-electron chi connectivity index (χ4n) is 1.92. The van der Waals surface area contributed by atoms with Gasteiger partial charge in [-0.2, -0.15) is 0 Å². The van der Waals surface area contributed by atoms with E-state index in [-0.39, 0.29) is 30.0 Å². The van der Waals surface area contributed by atoms with Crippen molar-refractivity contribution in [2.24, 2.45) is 5.92 Å². The summed E-state index contributed by atoms with van der Waals surface area (Å²) in [4.78, 5) is 36.0. The molecule has 0 aromatic heterocycles. The van der Waals surface area contributed by atoms with Gasteiger partial charge in [-0.05, 0) is 31.9 Å². The second-order valence-electron chi connectivity index (χ2n) is 5.43. The first kappa shape index (κ1) is 20.0. The van der Waals surface area contributed by atoms with E-state index in [1.807, 2.05) is 19.9 Å². The summed E-state index contributed by atoms with van der Waals surface area (Å²) < 4.78 is 5.09. The zero-order valence-electron chi connectivity index (χ0n) is 14.4. The minimum absolute atomic E-state index is 0.0431. The molecule has 130 valence electrons. The number of esters is 1. The summed E-state index contributed by atoms with van der Waals surface area (Å²) in [5.74, 6) is -0.843. The van der Waals surface area contributed by atoms with E-state index >= 15 is 0 Å². The molecule has 0 aliphatic rings. The number of rotatable bonds is 8. The lowest BCUT2D eigenvalue weighted by Gasteiger charge is -2.17. The molecule has 0 spiro atoms. The molecule has 1 rings (SSSR count). The second-order valence-corrected chi connectivity index (χ2v) is 6.41. The Balaban J connectivity index is 3.16. The third-order valence-electron chi connectivity index (χ3n) is 3.00. The summed E-state index contributed by atoms with van der Waals surface area (Å²) in [6.07, 6.45) is 0. The Morgan fingerprint density at radius 1 is 1.17 bits per heavy atom. The van der Waals surface area contributed by atoms with Crippen LogP contribution in [0, 0.1) is 5.92 Å². The smallest absolute Gasteiger partial charge is 0.336 e. The van der Waals surface area contributed by atoms with Crippen LogP contribution in [0.1, 0.15) is 38.1 Å². The predicted molar refractivity (Wildman–Crippen MR) is 95.5 cm³/mol. The lowest BCUT2D eigenvalue weighted by atomic mass is 10.0. The van der Waals surface area contributed by atoms with Gasteiger partial charge >= 0.3 is 5.97 Å². The van der Waals surface area contributed by atoms with Crippen molar-refractivity contribution in [2.75, 3.05) is 12.4 Å². The number of carbonyl (C=O) groups excluding carboxylic acids is 3. The van der Waals surface area contributed by atoms with Gasteiger partial charge in [-0.15, -0.1) is 0 Å². The van der Waals surface area contributed by atoms with Crippen LogP contribution in [0.3, 0.4) is 0 Å². The Morgan fingerprint density at radius 2 is 1.79 bits per heavy atom. The van der Waals surface area contributed by atoms with Crippen molar-refractivity contribution in [3.8, 4) is 0 Å². The summed E-state index contributed by atoms with van der Waals surface area (Å²) in [7, 11) is 0. The van der Waals surface area contributed by atoms with Gasteiger partial charge in [-0.3, -0.25) is 9.59 Å². The summed E-state index contributed by atoms with van der Waals surface area (Å²) in [6, 6.07) is 8.70. The molecule has 0 aliphatic carbocycles. The molecule has 6 heteroatoms. The molecule has 0 unspecified atom stereocenters. The molecule has 0 bridgehead atoms. The highest BCUT2D eigenvalue weighted by Crippen LogP contribution is 2.24. The highest BCUT2D eigenvalue weighted by Gasteiger charge is 2.23. The van der Waals surface area contributed by atoms with E-state index in [9.17, 15) is 14.4 Å². The maximum atomic E-state index is 12.4. The number of Topliss-reactive ketones (excluding diaryl/α,β-unsaturated/α-hetero) is 1. The molecule has 1 amide bonds. The summed E-state index contributed by atoms with van der Waals surface area (Å²) in [6.45, 7) is 7.11. The lowest BCUT2D eigenvalue weighted by molar-refractivity contribution is -0.139. The van der Waals surface area contributed by atoms with Crippen LogP contribution in [0.25, 0.3) is 0 Å². The molecular formula is C18H23NO4S. The Kier molecular flexibility index (Phi) is 8.26. The van der Waals surface area contributed by atoms with Gasteiger partial charge in [0.2, 0.25) is 0 Å². The van der Waals surface area contributed by atoms with Crippen LogP contribution in [0.4, 0.5) is 0 Å². The highest BCUT2D eigenvalue weighted by molar-refractivity contribution is 8.03. The van der Waals surface area contributed by atoms with E-state index in [2.05, 4.69) is 5.32 Å². The van der Waals surface area contributed by atoms with Gasteiger partial charge < -0.3 is 10.1 Å². The third kappa shape index (κ3) is 6.20. The van der Waals surface area contributed by atoms with Crippen molar-refractivity contribution < 1.29 is 19.1 Å². The number of thioether (sulfide) groups is 1. The Bertz CT molecular complexity index is 623. The van der Waals surface area contributed by atoms with E-state index < -0.39 is 5.97 Å². The molecule has 5 nitrogen and oxygen atoms in total. The van der Waals surface area contributed by atoms with Crippen molar-refractivity contribution in [1.29, 1.82) is 0 Å². The minimum atomic E-state index is -0.480. The topological polar surface area (TPSA) is 72.5 Å². The second kappa shape index (κ2) is 9.93. The zero-order valence-corrected chi connectivity index (χ0v) is 15.2. The standard InChI is InChI=1S/C18H23NO4S/c1-5-23-18(22)15(12(2)3)17(24-11-13(4)20)19-16(21)14-9-7-6-8-10-14/h6-10,12H,5,11H2,1-4H3,(H,19,21)/b17-15+. The number of benzene rings is 1. The number of nitrogens with one attached hydrogen (secondary N) is 1. The number of carbonyl (C=O) groups is 3. The third-order valence-corrected chi connectivity index (χ3v) is 4.16. The number of amides is 1. The summed E-state index contributed by atoms with van der Waals surface area (Å²) >= 11 is 1.14. The number of hydrogen-bond donors (Lipinski definition) is 1. The van der Waals surface area contributed by atoms with Gasteiger partial charge in [-0.25, -0.2) is 4.79 Å². The molecule has 0 saturated carbocycles. The van der Waals surface area contributed by atoms with Crippen LogP contribution in [-0.4, -0.2) is 30.0 Å². The molecule has 0 aliphatic heterocycles. The van der Waals surface area contributed by atoms with E-state index in [0.29, 0.717) is 16.2 Å². The molecule has 0 atom stereocenters. The first-order valence-electron chi connectivity index (χ1n) is 7.76. The van der Waals surface area contributed by atoms with E-state index in [4.69, 9.17) is 4.74 Å². The van der Waals surface area contributed by atoms with Gasteiger partial charge in [-0.1, -0.05) is 43.8 Å². The first-order chi connectivity index (χ1) is 11.4.